The van der Waals surface area contributed by atoms with Crippen LogP contribution in [0.2, 0.25) is 0 Å². The number of nitrogens with zero attached hydrogens (tertiary/aromatic N) is 1. The molecule has 1 unspecified atom stereocenters. The maximum atomic E-state index is 2.46. The SMILES string of the molecule is C1=CC(N(c2ccc(-c3cccc4ccccc34)cc2)c2ccc(-c3cccc4cc(-c5ccccc5)ccc34)cc2)=C2Sc3ccccc3C2C1. The van der Waals surface area contributed by atoms with Gasteiger partial charge in [0.05, 0.1) is 5.70 Å². The Morgan fingerprint density at radius 2 is 1.06 bits per heavy atom. The Hall–Kier alpha value is -6.09. The monoisotopic (exact) mass is 681 g/mol. The molecule has 0 spiro atoms. The molecule has 1 aliphatic heterocycles. The molecule has 0 bridgehead atoms. The quantitative estimate of drug-likeness (QED) is 0.172. The van der Waals surface area contributed by atoms with E-state index in [4.69, 9.17) is 0 Å². The van der Waals surface area contributed by atoms with Gasteiger partial charge in [-0.3, -0.25) is 0 Å². The standard InChI is InChI=1S/C50H35NS/c1-2-11-34(12-3-1)38-27-32-45-39(33-38)15-9-19-44(45)37-25-30-41(31-26-37)51(48-21-10-20-47-46-17-6-7-22-49(46)52-50(47)48)40-28-23-36(24-29-40)43-18-8-14-35-13-4-5-16-42(35)43/h1-19,21-33,47H,20H2. The van der Waals surface area contributed by atoms with Crippen LogP contribution in [0.1, 0.15) is 17.9 Å². The van der Waals surface area contributed by atoms with E-state index in [1.807, 2.05) is 11.8 Å². The predicted molar refractivity (Wildman–Crippen MR) is 222 cm³/mol. The maximum absolute atomic E-state index is 2.46. The summed E-state index contributed by atoms with van der Waals surface area (Å²) >= 11 is 1.93. The average molecular weight is 682 g/mol. The van der Waals surface area contributed by atoms with Crippen LogP contribution in [0.4, 0.5) is 11.4 Å². The fraction of sp³-hybridized carbons (Fsp3) is 0.0400. The normalized spacial score (nSPS) is 14.8. The summed E-state index contributed by atoms with van der Waals surface area (Å²) in [6.45, 7) is 0. The largest absolute Gasteiger partial charge is 0.310 e. The minimum absolute atomic E-state index is 0.384. The Labute approximate surface area is 309 Å². The van der Waals surface area contributed by atoms with Crippen LogP contribution in [0.5, 0.6) is 0 Å². The molecule has 1 heterocycles. The number of fused-ring (bicyclic) bond motifs is 5. The molecule has 1 atom stereocenters. The Morgan fingerprint density at radius 3 is 1.81 bits per heavy atom. The van der Waals surface area contributed by atoms with Crippen LogP contribution >= 0.6 is 11.8 Å². The lowest BCUT2D eigenvalue weighted by Crippen LogP contribution is -2.19. The van der Waals surface area contributed by atoms with Gasteiger partial charge in [0, 0.05) is 27.1 Å². The highest BCUT2D eigenvalue weighted by atomic mass is 32.2. The van der Waals surface area contributed by atoms with E-state index in [1.165, 1.54) is 76.0 Å². The van der Waals surface area contributed by atoms with Crippen LogP contribution in [0.25, 0.3) is 54.9 Å². The van der Waals surface area contributed by atoms with E-state index in [1.54, 1.807) is 0 Å². The Kier molecular flexibility index (Phi) is 7.62. The van der Waals surface area contributed by atoms with Crippen molar-refractivity contribution in [3.8, 4) is 33.4 Å². The molecule has 52 heavy (non-hydrogen) atoms. The summed E-state index contributed by atoms with van der Waals surface area (Å²) in [5.74, 6) is 0.384. The molecular weight excluding hydrogens is 647 g/mol. The first-order valence-corrected chi connectivity index (χ1v) is 18.8. The zero-order chi connectivity index (χ0) is 34.4. The van der Waals surface area contributed by atoms with Crippen LogP contribution in [0.15, 0.2) is 210 Å². The molecule has 0 amide bonds. The van der Waals surface area contributed by atoms with Crippen molar-refractivity contribution >= 4 is 44.7 Å². The minimum atomic E-state index is 0.384. The molecule has 8 aromatic rings. The average Bonchev–Trinajstić information content (AvgIpc) is 3.61. The lowest BCUT2D eigenvalue weighted by atomic mass is 9.90. The summed E-state index contributed by atoms with van der Waals surface area (Å²) in [4.78, 5) is 5.26. The summed E-state index contributed by atoms with van der Waals surface area (Å²) < 4.78 is 0. The van der Waals surface area contributed by atoms with Gasteiger partial charge in [-0.15, -0.1) is 0 Å². The van der Waals surface area contributed by atoms with Crippen molar-refractivity contribution in [2.24, 2.45) is 0 Å². The number of anilines is 2. The Morgan fingerprint density at radius 1 is 0.462 bits per heavy atom. The van der Waals surface area contributed by atoms with E-state index in [0.717, 1.165) is 17.8 Å². The van der Waals surface area contributed by atoms with Gasteiger partial charge in [0.25, 0.3) is 0 Å². The lowest BCUT2D eigenvalue weighted by Gasteiger charge is -2.31. The number of rotatable bonds is 6. The molecule has 8 aromatic carbocycles. The molecule has 0 radical (unpaired) electrons. The third-order valence-corrected chi connectivity index (χ3v) is 11.9. The van der Waals surface area contributed by atoms with Gasteiger partial charge >= 0.3 is 0 Å². The molecular formula is C50H35NS. The highest BCUT2D eigenvalue weighted by Gasteiger charge is 2.33. The van der Waals surface area contributed by atoms with Gasteiger partial charge in [-0.1, -0.05) is 163 Å². The summed E-state index contributed by atoms with van der Waals surface area (Å²) in [5, 5.41) is 5.05. The molecule has 2 aliphatic rings. The van der Waals surface area contributed by atoms with Crippen molar-refractivity contribution in [3.05, 3.63) is 210 Å². The number of thioether (sulfide) groups is 1. The number of allylic oxidation sites excluding steroid dienone is 3. The molecule has 246 valence electrons. The molecule has 0 aromatic heterocycles. The summed E-state index contributed by atoms with van der Waals surface area (Å²) in [6, 6.07) is 66.6. The van der Waals surface area contributed by atoms with Gasteiger partial charge in [-0.05, 0) is 109 Å². The molecule has 1 nitrogen and oxygen atoms in total. The predicted octanol–water partition coefficient (Wildman–Crippen LogP) is 14.2. The second-order valence-electron chi connectivity index (χ2n) is 13.6. The molecule has 0 saturated heterocycles. The van der Waals surface area contributed by atoms with Gasteiger partial charge in [0.2, 0.25) is 0 Å². The first kappa shape index (κ1) is 30.7. The van der Waals surface area contributed by atoms with Crippen molar-refractivity contribution in [2.45, 2.75) is 17.2 Å². The third kappa shape index (κ3) is 5.35. The first-order chi connectivity index (χ1) is 25.8. The van der Waals surface area contributed by atoms with Crippen LogP contribution in [0, 0.1) is 0 Å². The van der Waals surface area contributed by atoms with Crippen LogP contribution in [0.3, 0.4) is 0 Å². The van der Waals surface area contributed by atoms with Crippen LogP contribution < -0.4 is 4.90 Å². The van der Waals surface area contributed by atoms with Crippen LogP contribution in [-0.4, -0.2) is 0 Å². The maximum Gasteiger partial charge on any atom is 0.0563 e. The molecule has 0 N–H and O–H groups in total. The Balaban J connectivity index is 1.06. The van der Waals surface area contributed by atoms with E-state index in [2.05, 4.69) is 199 Å². The van der Waals surface area contributed by atoms with Crippen molar-refractivity contribution in [3.63, 3.8) is 0 Å². The summed E-state index contributed by atoms with van der Waals surface area (Å²) in [6.07, 6.45) is 5.73. The molecule has 2 heteroatoms. The fourth-order valence-corrected chi connectivity index (χ4v) is 9.41. The van der Waals surface area contributed by atoms with Crippen molar-refractivity contribution < 1.29 is 0 Å². The lowest BCUT2D eigenvalue weighted by molar-refractivity contribution is 0.822. The van der Waals surface area contributed by atoms with Gasteiger partial charge in [-0.2, -0.15) is 0 Å². The zero-order valence-electron chi connectivity index (χ0n) is 28.6. The topological polar surface area (TPSA) is 3.24 Å². The number of hydrogen-bond acceptors (Lipinski definition) is 2. The highest BCUT2D eigenvalue weighted by molar-refractivity contribution is 8.03. The molecule has 0 saturated carbocycles. The fourth-order valence-electron chi connectivity index (χ4n) is 8.07. The zero-order valence-corrected chi connectivity index (χ0v) is 29.4. The van der Waals surface area contributed by atoms with Crippen molar-refractivity contribution in [1.29, 1.82) is 0 Å². The first-order valence-electron chi connectivity index (χ1n) is 18.0. The highest BCUT2D eigenvalue weighted by Crippen LogP contribution is 2.54. The summed E-state index contributed by atoms with van der Waals surface area (Å²) in [7, 11) is 0. The Bertz CT molecular complexity index is 2660. The molecule has 10 rings (SSSR count). The minimum Gasteiger partial charge on any atom is -0.310 e. The van der Waals surface area contributed by atoms with Gasteiger partial charge < -0.3 is 4.90 Å². The smallest absolute Gasteiger partial charge is 0.0563 e. The second-order valence-corrected chi connectivity index (χ2v) is 14.7. The van der Waals surface area contributed by atoms with E-state index in [0.29, 0.717) is 5.92 Å². The molecule has 1 aliphatic carbocycles. The number of hydrogen-bond donors (Lipinski definition) is 0. The second kappa shape index (κ2) is 12.9. The van der Waals surface area contributed by atoms with Crippen molar-refractivity contribution in [1.82, 2.24) is 0 Å². The number of benzene rings is 8. The van der Waals surface area contributed by atoms with Crippen molar-refractivity contribution in [2.75, 3.05) is 4.90 Å². The van der Waals surface area contributed by atoms with E-state index in [-0.39, 0.29) is 0 Å². The summed E-state index contributed by atoms with van der Waals surface area (Å²) in [5.41, 5.74) is 12.4. The van der Waals surface area contributed by atoms with E-state index in [9.17, 15) is 0 Å². The van der Waals surface area contributed by atoms with Gasteiger partial charge in [0.1, 0.15) is 0 Å². The van der Waals surface area contributed by atoms with E-state index < -0.39 is 0 Å². The van der Waals surface area contributed by atoms with Crippen LogP contribution in [-0.2, 0) is 0 Å². The van der Waals surface area contributed by atoms with Gasteiger partial charge in [0.15, 0.2) is 0 Å². The third-order valence-electron chi connectivity index (χ3n) is 10.6. The van der Waals surface area contributed by atoms with E-state index >= 15 is 0 Å². The van der Waals surface area contributed by atoms with Gasteiger partial charge in [-0.25, -0.2) is 0 Å². The molecule has 0 fully saturated rings.